The molecule has 2 aliphatic heterocycles. The number of methoxy groups -OCH3 is 1. The first-order valence-electron chi connectivity index (χ1n) is 5.20. The lowest BCUT2D eigenvalue weighted by Gasteiger charge is -2.39. The van der Waals surface area contributed by atoms with Gasteiger partial charge in [0.1, 0.15) is 19.6 Å². The SMILES string of the molecule is [B]C1CC2OCC(/C=C/P(=O)(O)O)(O1)C2OC. The molecule has 2 N–H and O–H groups in total. The summed E-state index contributed by atoms with van der Waals surface area (Å²) in [7, 11) is 2.98. The van der Waals surface area contributed by atoms with Crippen LogP contribution in [0.15, 0.2) is 11.9 Å². The molecule has 0 amide bonds. The highest BCUT2D eigenvalue weighted by molar-refractivity contribution is 7.55. The van der Waals surface area contributed by atoms with Gasteiger partial charge in [-0.05, 0) is 12.5 Å². The van der Waals surface area contributed by atoms with E-state index in [1.165, 1.54) is 13.2 Å². The second-order valence-electron chi connectivity index (χ2n) is 4.26. The Hall–Kier alpha value is -0.165. The molecule has 0 spiro atoms. The van der Waals surface area contributed by atoms with Crippen molar-refractivity contribution < 1.29 is 28.6 Å². The molecule has 0 aromatic rings. The molecular formula is C9H14BO6P. The summed E-state index contributed by atoms with van der Waals surface area (Å²) in [4.78, 5) is 17.7. The Morgan fingerprint density at radius 2 is 2.29 bits per heavy atom. The molecule has 0 aromatic carbocycles. The summed E-state index contributed by atoms with van der Waals surface area (Å²) in [6.45, 7) is 0.181. The van der Waals surface area contributed by atoms with Crippen LogP contribution in [0.2, 0.25) is 0 Å². The number of fused-ring (bicyclic) bond motifs is 2. The van der Waals surface area contributed by atoms with Crippen molar-refractivity contribution in [1.29, 1.82) is 0 Å². The third-order valence-corrected chi connectivity index (χ3v) is 3.52. The van der Waals surface area contributed by atoms with E-state index in [4.69, 9.17) is 31.8 Å². The maximum atomic E-state index is 10.9. The Kier molecular flexibility index (Phi) is 3.51. The Labute approximate surface area is 101 Å². The molecule has 2 radical (unpaired) electrons. The molecule has 0 aromatic heterocycles. The van der Waals surface area contributed by atoms with Gasteiger partial charge in [0.25, 0.3) is 0 Å². The number of hydrogen-bond donors (Lipinski definition) is 2. The molecule has 8 heteroatoms. The van der Waals surface area contributed by atoms with Crippen LogP contribution in [0.3, 0.4) is 0 Å². The van der Waals surface area contributed by atoms with Crippen LogP contribution in [0.5, 0.6) is 0 Å². The van der Waals surface area contributed by atoms with Crippen LogP contribution in [0, 0.1) is 0 Å². The van der Waals surface area contributed by atoms with Crippen molar-refractivity contribution in [2.24, 2.45) is 0 Å². The van der Waals surface area contributed by atoms with E-state index < -0.39 is 25.3 Å². The van der Waals surface area contributed by atoms with Crippen LogP contribution in [-0.2, 0) is 18.8 Å². The fourth-order valence-electron chi connectivity index (χ4n) is 2.33. The Bertz CT molecular complexity index is 368. The molecule has 0 saturated carbocycles. The van der Waals surface area contributed by atoms with Gasteiger partial charge < -0.3 is 24.0 Å². The molecule has 94 valence electrons. The molecule has 2 rings (SSSR count). The molecule has 6 nitrogen and oxygen atoms in total. The lowest BCUT2D eigenvalue weighted by Crippen LogP contribution is -2.53. The van der Waals surface area contributed by atoms with Crippen molar-refractivity contribution >= 4 is 15.4 Å². The monoisotopic (exact) mass is 260 g/mol. The molecule has 4 atom stereocenters. The van der Waals surface area contributed by atoms with E-state index in [0.717, 1.165) is 5.82 Å². The Morgan fingerprint density at radius 1 is 1.59 bits per heavy atom. The van der Waals surface area contributed by atoms with Crippen LogP contribution >= 0.6 is 7.60 Å². The van der Waals surface area contributed by atoms with Gasteiger partial charge in [-0.3, -0.25) is 4.57 Å². The lowest BCUT2D eigenvalue weighted by molar-refractivity contribution is -0.131. The zero-order chi connectivity index (χ0) is 12.7. The van der Waals surface area contributed by atoms with E-state index in [0.29, 0.717) is 6.42 Å². The van der Waals surface area contributed by atoms with Crippen molar-refractivity contribution in [2.45, 2.75) is 30.2 Å². The van der Waals surface area contributed by atoms with Crippen molar-refractivity contribution in [3.05, 3.63) is 11.9 Å². The zero-order valence-electron chi connectivity index (χ0n) is 9.35. The summed E-state index contributed by atoms with van der Waals surface area (Å²) in [5.41, 5.74) is -1.00. The van der Waals surface area contributed by atoms with Crippen LogP contribution in [-0.4, -0.2) is 55.2 Å². The van der Waals surface area contributed by atoms with Gasteiger partial charge in [0.15, 0.2) is 0 Å². The normalized spacial score (nSPS) is 42.2. The summed E-state index contributed by atoms with van der Waals surface area (Å²) in [5.74, 6) is 0.808. The van der Waals surface area contributed by atoms with Crippen molar-refractivity contribution in [3.8, 4) is 0 Å². The van der Waals surface area contributed by atoms with Gasteiger partial charge in [0.05, 0.1) is 12.7 Å². The number of ether oxygens (including phenoxy) is 3. The summed E-state index contributed by atoms with van der Waals surface area (Å²) in [6.07, 6.45) is 1.21. The fourth-order valence-corrected chi connectivity index (χ4v) is 2.78. The molecule has 17 heavy (non-hydrogen) atoms. The number of rotatable bonds is 3. The van der Waals surface area contributed by atoms with E-state index in [2.05, 4.69) is 0 Å². The molecular weight excluding hydrogens is 246 g/mol. The van der Waals surface area contributed by atoms with Crippen LogP contribution in [0.4, 0.5) is 0 Å². The third kappa shape index (κ3) is 2.65. The van der Waals surface area contributed by atoms with Gasteiger partial charge in [-0.15, -0.1) is 0 Å². The van der Waals surface area contributed by atoms with Gasteiger partial charge >= 0.3 is 7.60 Å². The largest absolute Gasteiger partial charge is 0.375 e. The summed E-state index contributed by atoms with van der Waals surface area (Å²) in [6, 6.07) is -0.518. The number of hydrogen-bond acceptors (Lipinski definition) is 4. The van der Waals surface area contributed by atoms with Crippen LogP contribution < -0.4 is 0 Å². The minimum atomic E-state index is -4.24. The van der Waals surface area contributed by atoms with Gasteiger partial charge in [-0.2, -0.15) is 0 Å². The van der Waals surface area contributed by atoms with Crippen molar-refractivity contribution in [2.75, 3.05) is 13.7 Å². The smallest absolute Gasteiger partial charge is 0.348 e. The van der Waals surface area contributed by atoms with Crippen molar-refractivity contribution in [3.63, 3.8) is 0 Å². The fraction of sp³-hybridized carbons (Fsp3) is 0.778. The van der Waals surface area contributed by atoms with Crippen molar-refractivity contribution in [1.82, 2.24) is 0 Å². The maximum Gasteiger partial charge on any atom is 0.348 e. The molecule has 2 fully saturated rings. The average molecular weight is 260 g/mol. The summed E-state index contributed by atoms with van der Waals surface area (Å²) < 4.78 is 27.2. The van der Waals surface area contributed by atoms with E-state index in [1.54, 1.807) is 0 Å². The minimum Gasteiger partial charge on any atom is -0.375 e. The average Bonchev–Trinajstić information content (AvgIpc) is 2.44. The molecule has 2 aliphatic rings. The second-order valence-corrected chi connectivity index (χ2v) is 5.73. The molecule has 2 heterocycles. The van der Waals surface area contributed by atoms with Gasteiger partial charge in [0, 0.05) is 18.9 Å². The topological polar surface area (TPSA) is 85.2 Å². The van der Waals surface area contributed by atoms with E-state index >= 15 is 0 Å². The predicted molar refractivity (Wildman–Crippen MR) is 59.7 cm³/mol. The van der Waals surface area contributed by atoms with E-state index in [9.17, 15) is 4.57 Å². The highest BCUT2D eigenvalue weighted by Crippen LogP contribution is 2.43. The molecule has 2 saturated heterocycles. The predicted octanol–water partition coefficient (Wildman–Crippen LogP) is -0.255. The first-order valence-corrected chi connectivity index (χ1v) is 6.88. The quantitative estimate of drug-likeness (QED) is 0.537. The highest BCUT2D eigenvalue weighted by atomic mass is 31.2. The van der Waals surface area contributed by atoms with Gasteiger partial charge in [0.2, 0.25) is 0 Å². The molecule has 2 bridgehead atoms. The first-order chi connectivity index (χ1) is 7.86. The van der Waals surface area contributed by atoms with E-state index in [-0.39, 0.29) is 12.7 Å². The summed E-state index contributed by atoms with van der Waals surface area (Å²) in [5, 5.41) is 0. The van der Waals surface area contributed by atoms with Crippen LogP contribution in [0.1, 0.15) is 6.42 Å². The van der Waals surface area contributed by atoms with E-state index in [1.807, 2.05) is 0 Å². The first kappa shape index (κ1) is 13.3. The maximum absolute atomic E-state index is 10.9. The molecule has 4 unspecified atom stereocenters. The van der Waals surface area contributed by atoms with Gasteiger partial charge in [-0.1, -0.05) is 0 Å². The second kappa shape index (κ2) is 4.50. The Balaban J connectivity index is 2.26. The highest BCUT2D eigenvalue weighted by Gasteiger charge is 2.54. The standard InChI is InChI=1S/C9H14BO6P/c1-14-8-6-4-7(10)16-9(8,5-15-6)2-3-17(11,12)13/h2-3,6-8H,4-5H2,1H3,(H2,11,12,13)/b3-2+. The molecule has 0 aliphatic carbocycles. The zero-order valence-corrected chi connectivity index (χ0v) is 10.2. The minimum absolute atomic E-state index is 0.181. The summed E-state index contributed by atoms with van der Waals surface area (Å²) >= 11 is 0. The van der Waals surface area contributed by atoms with Crippen LogP contribution in [0.25, 0.3) is 0 Å². The van der Waals surface area contributed by atoms with Gasteiger partial charge in [-0.25, -0.2) is 0 Å². The lowest BCUT2D eigenvalue weighted by atomic mass is 9.83. The Morgan fingerprint density at radius 3 is 2.88 bits per heavy atom. The third-order valence-electron chi connectivity index (χ3n) is 2.98.